The van der Waals surface area contributed by atoms with Crippen LogP contribution in [0.1, 0.15) is 32.6 Å². The third kappa shape index (κ3) is 5.07. The summed E-state index contributed by atoms with van der Waals surface area (Å²) in [5, 5.41) is 9.04. The van der Waals surface area contributed by atoms with E-state index in [1.165, 1.54) is 18.5 Å². The molecule has 0 bridgehead atoms. The summed E-state index contributed by atoms with van der Waals surface area (Å²) in [5.41, 5.74) is 1.25. The average molecular weight is 449 g/mol. The molecular formula is C26H36N6O. The van der Waals surface area contributed by atoms with Crippen molar-refractivity contribution in [2.45, 2.75) is 32.6 Å². The minimum atomic E-state index is 0.132. The molecule has 5 rings (SSSR count). The first-order valence-electron chi connectivity index (χ1n) is 12.6. The molecule has 176 valence electrons. The molecule has 3 fully saturated rings. The monoisotopic (exact) mass is 448 g/mol. The number of nitrogens with zero attached hydrogens (tertiary/aromatic N) is 6. The zero-order valence-corrected chi connectivity index (χ0v) is 19.8. The molecule has 33 heavy (non-hydrogen) atoms. The molecule has 7 heteroatoms. The number of carbonyl (C=O) groups is 1. The molecule has 2 aromatic rings. The van der Waals surface area contributed by atoms with E-state index >= 15 is 0 Å². The van der Waals surface area contributed by atoms with Gasteiger partial charge in [-0.15, -0.1) is 10.2 Å². The van der Waals surface area contributed by atoms with Gasteiger partial charge in [0.15, 0.2) is 11.6 Å². The molecule has 0 N–H and O–H groups in total. The predicted octanol–water partition coefficient (Wildman–Crippen LogP) is 3.28. The van der Waals surface area contributed by atoms with Crippen LogP contribution in [0, 0.1) is 11.8 Å². The molecule has 3 saturated heterocycles. The molecule has 1 aromatic heterocycles. The minimum absolute atomic E-state index is 0.132. The lowest BCUT2D eigenvalue weighted by Gasteiger charge is -2.39. The van der Waals surface area contributed by atoms with Gasteiger partial charge in [-0.1, -0.05) is 25.1 Å². The predicted molar refractivity (Wildman–Crippen MR) is 133 cm³/mol. The van der Waals surface area contributed by atoms with Crippen molar-refractivity contribution in [1.29, 1.82) is 0 Å². The van der Waals surface area contributed by atoms with Gasteiger partial charge in [0.05, 0.1) is 0 Å². The van der Waals surface area contributed by atoms with Crippen LogP contribution in [0.15, 0.2) is 42.5 Å². The average Bonchev–Trinajstić information content (AvgIpc) is 2.90. The number of aromatic nitrogens is 2. The Labute approximate surface area is 197 Å². The van der Waals surface area contributed by atoms with Gasteiger partial charge in [0.25, 0.3) is 0 Å². The quantitative estimate of drug-likeness (QED) is 0.716. The van der Waals surface area contributed by atoms with E-state index in [9.17, 15) is 4.79 Å². The van der Waals surface area contributed by atoms with Crippen molar-refractivity contribution in [3.05, 3.63) is 42.5 Å². The second-order valence-electron chi connectivity index (χ2n) is 9.83. The van der Waals surface area contributed by atoms with Gasteiger partial charge in [0.1, 0.15) is 0 Å². The maximum absolute atomic E-state index is 13.1. The molecule has 3 aliphatic heterocycles. The molecule has 0 unspecified atom stereocenters. The van der Waals surface area contributed by atoms with Crippen molar-refractivity contribution in [3.8, 4) is 0 Å². The molecule has 0 aliphatic carbocycles. The summed E-state index contributed by atoms with van der Waals surface area (Å²) in [7, 11) is 0. The molecule has 0 saturated carbocycles. The van der Waals surface area contributed by atoms with Crippen LogP contribution >= 0.6 is 0 Å². The highest BCUT2D eigenvalue weighted by molar-refractivity contribution is 5.79. The largest absolute Gasteiger partial charge is 0.368 e. The Hall–Kier alpha value is -2.83. The van der Waals surface area contributed by atoms with Crippen LogP contribution < -0.4 is 14.7 Å². The highest BCUT2D eigenvalue weighted by atomic mass is 16.2. The Morgan fingerprint density at radius 3 is 1.79 bits per heavy atom. The summed E-state index contributed by atoms with van der Waals surface area (Å²) in [6, 6.07) is 14.7. The number of para-hydroxylation sites is 1. The Bertz CT molecular complexity index is 896. The van der Waals surface area contributed by atoms with Gasteiger partial charge in [0.2, 0.25) is 5.91 Å². The summed E-state index contributed by atoms with van der Waals surface area (Å²) >= 11 is 0. The molecule has 7 nitrogen and oxygen atoms in total. The van der Waals surface area contributed by atoms with Gasteiger partial charge in [0, 0.05) is 64.0 Å². The molecule has 0 spiro atoms. The van der Waals surface area contributed by atoms with Crippen LogP contribution in [0.5, 0.6) is 0 Å². The first kappa shape index (κ1) is 22.0. The molecular weight excluding hydrogens is 412 g/mol. The Morgan fingerprint density at radius 1 is 0.697 bits per heavy atom. The van der Waals surface area contributed by atoms with Crippen LogP contribution in [0.4, 0.5) is 17.3 Å². The van der Waals surface area contributed by atoms with Crippen LogP contribution in [0.2, 0.25) is 0 Å². The number of piperazine rings is 1. The van der Waals surface area contributed by atoms with Crippen molar-refractivity contribution >= 4 is 23.2 Å². The molecule has 3 aliphatic rings. The second kappa shape index (κ2) is 9.98. The maximum atomic E-state index is 13.1. The van der Waals surface area contributed by atoms with E-state index in [1.54, 1.807) is 0 Å². The fraction of sp³-hybridized carbons (Fsp3) is 0.577. The maximum Gasteiger partial charge on any atom is 0.225 e. The summed E-state index contributed by atoms with van der Waals surface area (Å²) in [4.78, 5) is 22.2. The van der Waals surface area contributed by atoms with Gasteiger partial charge < -0.3 is 19.6 Å². The van der Waals surface area contributed by atoms with Crippen molar-refractivity contribution in [3.63, 3.8) is 0 Å². The molecule has 1 amide bonds. The van der Waals surface area contributed by atoms with Gasteiger partial charge in [-0.05, 0) is 55.9 Å². The molecule has 1 aromatic carbocycles. The number of rotatable bonds is 4. The smallest absolute Gasteiger partial charge is 0.225 e. The summed E-state index contributed by atoms with van der Waals surface area (Å²) in [5.74, 6) is 3.21. The second-order valence-corrected chi connectivity index (χ2v) is 9.83. The summed E-state index contributed by atoms with van der Waals surface area (Å²) in [6.45, 7) is 9.66. The number of hydrogen-bond donors (Lipinski definition) is 0. The fourth-order valence-electron chi connectivity index (χ4n) is 5.33. The standard InChI is InChI=1S/C26H36N6O/c1-21-9-13-30(14-10-21)24-7-8-25(28-27-24)31-15-11-22(12-16-31)26(33)32-19-17-29(18-20-32)23-5-3-2-4-6-23/h2-8,21-22H,9-20H2,1H3. The highest BCUT2D eigenvalue weighted by Gasteiger charge is 2.31. The van der Waals surface area contributed by atoms with Crippen LogP contribution in [0.25, 0.3) is 0 Å². The SMILES string of the molecule is CC1CCN(c2ccc(N3CCC(C(=O)N4CCN(c5ccccc5)CC4)CC3)nn2)CC1. The van der Waals surface area contributed by atoms with Crippen molar-refractivity contribution in [2.24, 2.45) is 11.8 Å². The fourth-order valence-corrected chi connectivity index (χ4v) is 5.33. The lowest BCUT2D eigenvalue weighted by atomic mass is 9.95. The first-order valence-corrected chi connectivity index (χ1v) is 12.6. The van der Waals surface area contributed by atoms with Gasteiger partial charge in [-0.3, -0.25) is 4.79 Å². The zero-order chi connectivity index (χ0) is 22.6. The van der Waals surface area contributed by atoms with Crippen molar-refractivity contribution < 1.29 is 4.79 Å². The van der Waals surface area contributed by atoms with E-state index in [-0.39, 0.29) is 5.92 Å². The lowest BCUT2D eigenvalue weighted by Crippen LogP contribution is -2.51. The van der Waals surface area contributed by atoms with E-state index in [4.69, 9.17) is 0 Å². The van der Waals surface area contributed by atoms with E-state index in [1.807, 2.05) is 6.07 Å². The number of piperidine rings is 2. The van der Waals surface area contributed by atoms with Gasteiger partial charge in [-0.25, -0.2) is 0 Å². The number of carbonyl (C=O) groups excluding carboxylic acids is 1. The van der Waals surface area contributed by atoms with Crippen LogP contribution in [-0.4, -0.2) is 73.4 Å². The van der Waals surface area contributed by atoms with Crippen LogP contribution in [0.3, 0.4) is 0 Å². The Kier molecular flexibility index (Phi) is 6.65. The topological polar surface area (TPSA) is 55.8 Å². The molecule has 0 radical (unpaired) electrons. The Morgan fingerprint density at radius 2 is 1.24 bits per heavy atom. The minimum Gasteiger partial charge on any atom is -0.368 e. The summed E-state index contributed by atoms with van der Waals surface area (Å²) < 4.78 is 0. The van der Waals surface area contributed by atoms with E-state index in [2.05, 4.69) is 73.1 Å². The number of amides is 1. The van der Waals surface area contributed by atoms with Gasteiger partial charge >= 0.3 is 0 Å². The van der Waals surface area contributed by atoms with E-state index in [0.29, 0.717) is 5.91 Å². The zero-order valence-electron chi connectivity index (χ0n) is 19.8. The normalized spacial score (nSPS) is 20.9. The third-order valence-electron chi connectivity index (χ3n) is 7.62. The van der Waals surface area contributed by atoms with E-state index in [0.717, 1.165) is 82.8 Å². The molecule has 0 atom stereocenters. The number of hydrogen-bond acceptors (Lipinski definition) is 6. The highest BCUT2D eigenvalue weighted by Crippen LogP contribution is 2.26. The van der Waals surface area contributed by atoms with Crippen molar-refractivity contribution in [1.82, 2.24) is 15.1 Å². The number of anilines is 3. The lowest BCUT2D eigenvalue weighted by molar-refractivity contribution is -0.136. The molecule has 4 heterocycles. The van der Waals surface area contributed by atoms with Crippen LogP contribution in [-0.2, 0) is 4.79 Å². The van der Waals surface area contributed by atoms with E-state index < -0.39 is 0 Å². The van der Waals surface area contributed by atoms with Crippen molar-refractivity contribution in [2.75, 3.05) is 67.1 Å². The third-order valence-corrected chi connectivity index (χ3v) is 7.62. The Balaban J connectivity index is 1.10. The number of benzene rings is 1. The summed E-state index contributed by atoms with van der Waals surface area (Å²) in [6.07, 6.45) is 4.24. The van der Waals surface area contributed by atoms with Gasteiger partial charge in [-0.2, -0.15) is 0 Å². The first-order chi connectivity index (χ1) is 16.2.